The molecule has 0 spiro atoms. The summed E-state index contributed by atoms with van der Waals surface area (Å²) < 4.78 is 66.0. The molecule has 0 bridgehead atoms. The molecule has 0 aliphatic carbocycles. The Morgan fingerprint density at radius 2 is 1.81 bits per heavy atom. The van der Waals surface area contributed by atoms with E-state index < -0.39 is 32.4 Å². The van der Waals surface area contributed by atoms with E-state index in [4.69, 9.17) is 0 Å². The molecule has 2 N–H and O–H groups in total. The first-order chi connectivity index (χ1) is 9.31. The highest BCUT2D eigenvalue weighted by molar-refractivity contribution is 7.89. The molecule has 0 radical (unpaired) electrons. The van der Waals surface area contributed by atoms with Gasteiger partial charge in [-0.2, -0.15) is 0 Å². The normalized spacial score (nSPS) is 22.7. The summed E-state index contributed by atoms with van der Waals surface area (Å²) in [5.41, 5.74) is 0. The lowest BCUT2D eigenvalue weighted by molar-refractivity contribution is 0.327. The van der Waals surface area contributed by atoms with Crippen molar-refractivity contribution < 1.29 is 21.6 Å². The van der Waals surface area contributed by atoms with Crippen LogP contribution in [-0.4, -0.2) is 27.5 Å². The predicted octanol–water partition coefficient (Wildman–Crippen LogP) is 1.80. The first-order valence-corrected chi connectivity index (χ1v) is 7.67. The van der Waals surface area contributed by atoms with Crippen LogP contribution in [0.4, 0.5) is 13.2 Å². The van der Waals surface area contributed by atoms with E-state index in [0.29, 0.717) is 25.6 Å². The maximum Gasteiger partial charge on any atom is 0.243 e. The summed E-state index contributed by atoms with van der Waals surface area (Å²) in [7, 11) is -4.22. The Kier molecular flexibility index (Phi) is 6.03. The lowest BCUT2D eigenvalue weighted by Gasteiger charge is -2.29. The third-order valence-electron chi connectivity index (χ3n) is 3.36. The van der Waals surface area contributed by atoms with Gasteiger partial charge in [0.25, 0.3) is 0 Å². The lowest BCUT2D eigenvalue weighted by atomic mass is 9.97. The molecule has 0 saturated carbocycles. The Morgan fingerprint density at radius 1 is 1.19 bits per heavy atom. The molecular weight excluding hydrogens is 329 g/mol. The second-order valence-electron chi connectivity index (χ2n) is 4.89. The Labute approximate surface area is 127 Å². The van der Waals surface area contributed by atoms with Gasteiger partial charge in [0, 0.05) is 12.1 Å². The number of hydrogen-bond donors (Lipinski definition) is 2. The number of sulfonamides is 1. The van der Waals surface area contributed by atoms with Crippen molar-refractivity contribution in [3.63, 3.8) is 0 Å². The van der Waals surface area contributed by atoms with Crippen molar-refractivity contribution in [3.8, 4) is 0 Å². The van der Waals surface area contributed by atoms with Crippen molar-refractivity contribution >= 4 is 22.4 Å². The van der Waals surface area contributed by atoms with Gasteiger partial charge in [-0.1, -0.05) is 6.92 Å². The Bertz CT molecular complexity index is 613. The van der Waals surface area contributed by atoms with Gasteiger partial charge in [0.05, 0.1) is 0 Å². The standard InChI is InChI=1S/C12H15F3N2O2S.ClH/c1-7-6-16-3-2-11(7)17-20(18,19)12-5-9(14)8(13)4-10(12)15;/h4-5,7,11,16-17H,2-3,6H2,1H3;1H. The fourth-order valence-corrected chi connectivity index (χ4v) is 3.61. The largest absolute Gasteiger partial charge is 0.316 e. The molecule has 4 nitrogen and oxygen atoms in total. The zero-order chi connectivity index (χ0) is 14.9. The third kappa shape index (κ3) is 4.09. The first-order valence-electron chi connectivity index (χ1n) is 6.19. The van der Waals surface area contributed by atoms with E-state index >= 15 is 0 Å². The van der Waals surface area contributed by atoms with Crippen LogP contribution in [0.5, 0.6) is 0 Å². The fourth-order valence-electron chi connectivity index (χ4n) is 2.16. The van der Waals surface area contributed by atoms with Crippen LogP contribution in [0.3, 0.4) is 0 Å². The van der Waals surface area contributed by atoms with Gasteiger partial charge >= 0.3 is 0 Å². The highest BCUT2D eigenvalue weighted by atomic mass is 35.5. The molecule has 1 heterocycles. The lowest BCUT2D eigenvalue weighted by Crippen LogP contribution is -2.48. The summed E-state index contributed by atoms with van der Waals surface area (Å²) in [4.78, 5) is -0.873. The van der Waals surface area contributed by atoms with Crippen LogP contribution < -0.4 is 10.0 Å². The highest BCUT2D eigenvalue weighted by Crippen LogP contribution is 2.20. The van der Waals surface area contributed by atoms with Gasteiger partial charge in [-0.15, -0.1) is 12.4 Å². The van der Waals surface area contributed by atoms with Crippen molar-refractivity contribution in [2.75, 3.05) is 13.1 Å². The minimum Gasteiger partial charge on any atom is -0.316 e. The molecule has 120 valence electrons. The molecule has 0 amide bonds. The van der Waals surface area contributed by atoms with Gasteiger partial charge in [0.15, 0.2) is 11.6 Å². The number of rotatable bonds is 3. The molecule has 1 aliphatic rings. The molecule has 1 aromatic carbocycles. The Morgan fingerprint density at radius 3 is 2.43 bits per heavy atom. The topological polar surface area (TPSA) is 58.2 Å². The van der Waals surface area contributed by atoms with Crippen LogP contribution in [0, 0.1) is 23.4 Å². The zero-order valence-corrected chi connectivity index (χ0v) is 12.8. The SMILES string of the molecule is CC1CNCCC1NS(=O)(=O)c1cc(F)c(F)cc1F.Cl. The van der Waals surface area contributed by atoms with Gasteiger partial charge in [0.2, 0.25) is 10.0 Å². The molecular formula is C12H16ClF3N2O2S. The van der Waals surface area contributed by atoms with E-state index in [2.05, 4.69) is 10.0 Å². The average molecular weight is 345 g/mol. The van der Waals surface area contributed by atoms with E-state index in [0.717, 1.165) is 0 Å². The molecule has 1 fully saturated rings. The number of hydrogen-bond acceptors (Lipinski definition) is 3. The van der Waals surface area contributed by atoms with Gasteiger partial charge in [0.1, 0.15) is 10.7 Å². The Hall–Kier alpha value is -0.830. The second kappa shape index (κ2) is 6.95. The van der Waals surface area contributed by atoms with E-state index in [-0.39, 0.29) is 30.4 Å². The Balaban J connectivity index is 0.00000220. The van der Waals surface area contributed by atoms with Crippen molar-refractivity contribution in [3.05, 3.63) is 29.6 Å². The monoisotopic (exact) mass is 344 g/mol. The van der Waals surface area contributed by atoms with Crippen LogP contribution >= 0.6 is 12.4 Å². The molecule has 2 atom stereocenters. The molecule has 1 saturated heterocycles. The van der Waals surface area contributed by atoms with Crippen LogP contribution in [0.2, 0.25) is 0 Å². The smallest absolute Gasteiger partial charge is 0.243 e. The summed E-state index contributed by atoms with van der Waals surface area (Å²) in [6.07, 6.45) is 0.547. The van der Waals surface area contributed by atoms with Crippen LogP contribution in [-0.2, 0) is 10.0 Å². The summed E-state index contributed by atoms with van der Waals surface area (Å²) in [6.45, 7) is 3.12. The molecule has 9 heteroatoms. The number of benzene rings is 1. The van der Waals surface area contributed by atoms with Crippen molar-refractivity contribution in [2.45, 2.75) is 24.3 Å². The summed E-state index contributed by atoms with van der Waals surface area (Å²) >= 11 is 0. The molecule has 0 aromatic heterocycles. The summed E-state index contributed by atoms with van der Waals surface area (Å²) in [5.74, 6) is -4.10. The molecule has 21 heavy (non-hydrogen) atoms. The molecule has 2 rings (SSSR count). The third-order valence-corrected chi connectivity index (χ3v) is 4.86. The van der Waals surface area contributed by atoms with E-state index in [1.54, 1.807) is 0 Å². The fraction of sp³-hybridized carbons (Fsp3) is 0.500. The van der Waals surface area contributed by atoms with E-state index in [1.807, 2.05) is 6.92 Å². The highest BCUT2D eigenvalue weighted by Gasteiger charge is 2.29. The second-order valence-corrected chi connectivity index (χ2v) is 6.58. The average Bonchev–Trinajstić information content (AvgIpc) is 2.36. The molecule has 1 aromatic rings. The maximum absolute atomic E-state index is 13.5. The van der Waals surface area contributed by atoms with Crippen LogP contribution in [0.25, 0.3) is 0 Å². The molecule has 2 unspecified atom stereocenters. The van der Waals surface area contributed by atoms with Crippen LogP contribution in [0.1, 0.15) is 13.3 Å². The predicted molar refractivity (Wildman–Crippen MR) is 74.3 cm³/mol. The van der Waals surface area contributed by atoms with E-state index in [9.17, 15) is 21.6 Å². The summed E-state index contributed by atoms with van der Waals surface area (Å²) in [5, 5.41) is 3.10. The first kappa shape index (κ1) is 18.2. The van der Waals surface area contributed by atoms with Gasteiger partial charge in [-0.05, 0) is 31.5 Å². The number of halogens is 4. The molecule has 1 aliphatic heterocycles. The van der Waals surface area contributed by atoms with Crippen molar-refractivity contribution in [1.29, 1.82) is 0 Å². The maximum atomic E-state index is 13.5. The number of piperidine rings is 1. The minimum absolute atomic E-state index is 0. The van der Waals surface area contributed by atoms with E-state index in [1.165, 1.54) is 0 Å². The zero-order valence-electron chi connectivity index (χ0n) is 11.2. The van der Waals surface area contributed by atoms with Crippen LogP contribution in [0.15, 0.2) is 17.0 Å². The van der Waals surface area contributed by atoms with Gasteiger partial charge in [-0.3, -0.25) is 0 Å². The van der Waals surface area contributed by atoms with Crippen molar-refractivity contribution in [1.82, 2.24) is 10.0 Å². The van der Waals surface area contributed by atoms with Gasteiger partial charge in [-0.25, -0.2) is 26.3 Å². The quantitative estimate of drug-likeness (QED) is 0.822. The van der Waals surface area contributed by atoms with Crippen molar-refractivity contribution in [2.24, 2.45) is 5.92 Å². The number of nitrogens with one attached hydrogen (secondary N) is 2. The van der Waals surface area contributed by atoms with Gasteiger partial charge < -0.3 is 5.32 Å². The summed E-state index contributed by atoms with van der Waals surface area (Å²) in [6, 6.07) is 0.225. The minimum atomic E-state index is -4.22.